The Labute approximate surface area is 161 Å². The highest BCUT2D eigenvalue weighted by Crippen LogP contribution is 2.28. The molecule has 4 rings (SSSR count). The average Bonchev–Trinajstić information content (AvgIpc) is 3.05. The van der Waals surface area contributed by atoms with Crippen molar-refractivity contribution in [3.05, 3.63) is 35.5 Å². The molecular formula is C19H21FN4O4. The van der Waals surface area contributed by atoms with Gasteiger partial charge >= 0.3 is 0 Å². The van der Waals surface area contributed by atoms with E-state index in [2.05, 4.69) is 15.2 Å². The molecule has 1 aromatic carbocycles. The monoisotopic (exact) mass is 388 g/mol. The molecule has 0 saturated carbocycles. The van der Waals surface area contributed by atoms with E-state index in [1.165, 1.54) is 19.2 Å². The summed E-state index contributed by atoms with van der Waals surface area (Å²) in [5, 5.41) is 2.62. The lowest BCUT2D eigenvalue weighted by Gasteiger charge is -2.42. The van der Waals surface area contributed by atoms with Crippen LogP contribution in [-0.4, -0.2) is 65.9 Å². The molecule has 2 aliphatic rings. The molecule has 8 nitrogen and oxygen atoms in total. The molecule has 28 heavy (non-hydrogen) atoms. The minimum Gasteiger partial charge on any atom is -0.497 e. The number of oxazole rings is 1. The number of halogens is 1. The highest BCUT2D eigenvalue weighted by molar-refractivity contribution is 5.95. The maximum Gasteiger partial charge on any atom is 0.244 e. The first kappa shape index (κ1) is 18.4. The Kier molecular flexibility index (Phi) is 4.76. The van der Waals surface area contributed by atoms with Gasteiger partial charge < -0.3 is 19.4 Å². The summed E-state index contributed by atoms with van der Waals surface area (Å²) >= 11 is 0. The van der Waals surface area contributed by atoms with Gasteiger partial charge in [0.1, 0.15) is 23.4 Å². The Morgan fingerprint density at radius 3 is 2.96 bits per heavy atom. The summed E-state index contributed by atoms with van der Waals surface area (Å²) in [5.41, 5.74) is 0.906. The van der Waals surface area contributed by atoms with E-state index in [4.69, 9.17) is 9.15 Å². The second-order valence-electron chi connectivity index (χ2n) is 6.92. The van der Waals surface area contributed by atoms with Crippen LogP contribution in [0.3, 0.4) is 0 Å². The van der Waals surface area contributed by atoms with Crippen molar-refractivity contribution >= 4 is 11.8 Å². The van der Waals surface area contributed by atoms with Crippen molar-refractivity contribution in [2.75, 3.05) is 33.3 Å². The van der Waals surface area contributed by atoms with Crippen LogP contribution in [0, 0.1) is 12.7 Å². The largest absolute Gasteiger partial charge is 0.497 e. The fraction of sp³-hybridized carbons (Fsp3) is 0.421. The number of carbonyl (C=O) groups is 2. The summed E-state index contributed by atoms with van der Waals surface area (Å²) in [4.78, 5) is 32.2. The summed E-state index contributed by atoms with van der Waals surface area (Å²) in [7, 11) is 1.51. The van der Waals surface area contributed by atoms with E-state index < -0.39 is 11.9 Å². The molecule has 1 aromatic heterocycles. The third-order valence-corrected chi connectivity index (χ3v) is 5.17. The van der Waals surface area contributed by atoms with Crippen LogP contribution in [0.5, 0.6) is 5.75 Å². The first-order chi connectivity index (χ1) is 13.5. The minimum atomic E-state index is -0.488. The lowest BCUT2D eigenvalue weighted by Crippen LogP contribution is -2.65. The fourth-order valence-corrected chi connectivity index (χ4v) is 3.59. The lowest BCUT2D eigenvalue weighted by atomic mass is 10.1. The zero-order valence-corrected chi connectivity index (χ0v) is 15.7. The van der Waals surface area contributed by atoms with E-state index in [1.54, 1.807) is 17.9 Å². The topological polar surface area (TPSA) is 87.9 Å². The second kappa shape index (κ2) is 7.23. The average molecular weight is 388 g/mol. The quantitative estimate of drug-likeness (QED) is 0.839. The highest BCUT2D eigenvalue weighted by Gasteiger charge is 2.38. The first-order valence-electron chi connectivity index (χ1n) is 9.06. The highest BCUT2D eigenvalue weighted by atomic mass is 19.1. The van der Waals surface area contributed by atoms with Gasteiger partial charge in [0.2, 0.25) is 17.7 Å². The molecule has 0 aliphatic carbocycles. The first-order valence-corrected chi connectivity index (χ1v) is 9.06. The van der Waals surface area contributed by atoms with Crippen LogP contribution < -0.4 is 10.1 Å². The molecule has 0 spiro atoms. The van der Waals surface area contributed by atoms with Crippen LogP contribution in [0.25, 0.3) is 11.5 Å². The van der Waals surface area contributed by atoms with Crippen molar-refractivity contribution in [2.45, 2.75) is 19.5 Å². The minimum absolute atomic E-state index is 0.0577. The number of benzene rings is 1. The Bertz CT molecular complexity index is 929. The molecule has 2 fully saturated rings. The van der Waals surface area contributed by atoms with Crippen LogP contribution in [0.1, 0.15) is 11.5 Å². The summed E-state index contributed by atoms with van der Waals surface area (Å²) in [6.45, 7) is 3.83. The summed E-state index contributed by atoms with van der Waals surface area (Å²) in [5.74, 6) is 0.646. The number of carbonyl (C=O) groups excluding carboxylic acids is 2. The van der Waals surface area contributed by atoms with E-state index >= 15 is 0 Å². The Morgan fingerprint density at radius 2 is 2.18 bits per heavy atom. The van der Waals surface area contributed by atoms with Crippen molar-refractivity contribution in [3.63, 3.8) is 0 Å². The predicted molar refractivity (Wildman–Crippen MR) is 97.0 cm³/mol. The zero-order valence-electron chi connectivity index (χ0n) is 15.7. The molecule has 1 N–H and O–H groups in total. The number of aryl methyl sites for hydroxylation is 1. The van der Waals surface area contributed by atoms with E-state index in [1.807, 2.05) is 0 Å². The number of hydrogen-bond acceptors (Lipinski definition) is 6. The van der Waals surface area contributed by atoms with Crippen LogP contribution in [0.15, 0.2) is 22.6 Å². The van der Waals surface area contributed by atoms with Crippen molar-refractivity contribution in [3.8, 4) is 17.2 Å². The third kappa shape index (κ3) is 3.33. The Morgan fingerprint density at radius 1 is 1.36 bits per heavy atom. The number of fused-ring (bicyclic) bond motifs is 1. The number of nitrogens with one attached hydrogen (secondary N) is 1. The zero-order chi connectivity index (χ0) is 19.8. The SMILES string of the molecule is COc1ccc(F)c(-c2nc(CN3CCN4C(=O)CNC(=O)[C@@H]4C3)c(C)o2)c1. The Hall–Kier alpha value is -2.94. The molecule has 2 aromatic rings. The van der Waals surface area contributed by atoms with Gasteiger partial charge in [-0.25, -0.2) is 9.37 Å². The van der Waals surface area contributed by atoms with Crippen molar-refractivity contribution < 1.29 is 23.1 Å². The molecule has 0 unspecified atom stereocenters. The number of methoxy groups -OCH3 is 1. The van der Waals surface area contributed by atoms with Crippen LogP contribution >= 0.6 is 0 Å². The summed E-state index contributed by atoms with van der Waals surface area (Å²) in [6, 6.07) is 3.90. The molecule has 2 amide bonds. The van der Waals surface area contributed by atoms with Gasteiger partial charge in [0.15, 0.2) is 0 Å². The predicted octanol–water partition coefficient (Wildman–Crippen LogP) is 0.940. The van der Waals surface area contributed by atoms with Gasteiger partial charge in [-0.15, -0.1) is 0 Å². The fourth-order valence-electron chi connectivity index (χ4n) is 3.59. The van der Waals surface area contributed by atoms with E-state index in [0.29, 0.717) is 43.4 Å². The van der Waals surface area contributed by atoms with Crippen LogP contribution in [0.4, 0.5) is 4.39 Å². The summed E-state index contributed by atoms with van der Waals surface area (Å²) in [6.07, 6.45) is 0. The number of ether oxygens (including phenoxy) is 1. The molecule has 0 radical (unpaired) electrons. The van der Waals surface area contributed by atoms with Gasteiger partial charge in [-0.1, -0.05) is 0 Å². The molecule has 2 aliphatic heterocycles. The van der Waals surface area contributed by atoms with Gasteiger partial charge in [0.05, 0.1) is 24.9 Å². The molecule has 3 heterocycles. The molecule has 0 bridgehead atoms. The van der Waals surface area contributed by atoms with E-state index in [9.17, 15) is 14.0 Å². The number of piperazine rings is 2. The maximum absolute atomic E-state index is 14.2. The Balaban J connectivity index is 1.52. The smallest absolute Gasteiger partial charge is 0.244 e. The standard InChI is InChI=1S/C19H21FN4O4/c1-11-15(22-19(28-11)13-7-12(27-2)3-4-14(13)20)9-23-5-6-24-16(10-23)18(26)21-8-17(24)25/h3-4,7,16H,5-6,8-10H2,1-2H3,(H,21,26)/t16-/m0/s1. The van der Waals surface area contributed by atoms with Crippen molar-refractivity contribution in [1.29, 1.82) is 0 Å². The van der Waals surface area contributed by atoms with Crippen LogP contribution in [0.2, 0.25) is 0 Å². The van der Waals surface area contributed by atoms with Gasteiger partial charge in [-0.05, 0) is 25.1 Å². The third-order valence-electron chi connectivity index (χ3n) is 5.17. The summed E-state index contributed by atoms with van der Waals surface area (Å²) < 4.78 is 25.0. The normalized spacial score (nSPS) is 20.1. The molecule has 1 atom stereocenters. The number of hydrogen-bond donors (Lipinski definition) is 1. The lowest BCUT2D eigenvalue weighted by molar-refractivity contribution is -0.149. The molecular weight excluding hydrogens is 367 g/mol. The van der Waals surface area contributed by atoms with Crippen molar-refractivity contribution in [2.24, 2.45) is 0 Å². The molecule has 148 valence electrons. The molecule has 9 heteroatoms. The maximum atomic E-state index is 14.2. The van der Waals surface area contributed by atoms with Crippen LogP contribution in [-0.2, 0) is 16.1 Å². The van der Waals surface area contributed by atoms with Gasteiger partial charge in [-0.3, -0.25) is 14.5 Å². The van der Waals surface area contributed by atoms with E-state index in [0.717, 1.165) is 0 Å². The van der Waals surface area contributed by atoms with Gasteiger partial charge in [0.25, 0.3) is 0 Å². The van der Waals surface area contributed by atoms with Gasteiger partial charge in [-0.2, -0.15) is 0 Å². The number of nitrogens with zero attached hydrogens (tertiary/aromatic N) is 3. The van der Waals surface area contributed by atoms with E-state index in [-0.39, 0.29) is 29.8 Å². The number of rotatable bonds is 4. The number of amides is 2. The van der Waals surface area contributed by atoms with Gasteiger partial charge in [0, 0.05) is 26.2 Å². The second-order valence-corrected chi connectivity index (χ2v) is 6.92. The van der Waals surface area contributed by atoms with Crippen molar-refractivity contribution in [1.82, 2.24) is 20.1 Å². The number of aromatic nitrogens is 1. The molecule has 2 saturated heterocycles.